The topological polar surface area (TPSA) is 74.7 Å². The number of hydrogen-bond acceptors (Lipinski definition) is 6. The highest BCUT2D eigenvalue weighted by Gasteiger charge is 2.25. The van der Waals surface area contributed by atoms with Gasteiger partial charge in [0.1, 0.15) is 17.0 Å². The van der Waals surface area contributed by atoms with Crippen LogP contribution in [0.1, 0.15) is 0 Å². The first kappa shape index (κ1) is 17.3. The summed E-state index contributed by atoms with van der Waals surface area (Å²) in [6, 6.07) is 11.2. The van der Waals surface area contributed by atoms with Gasteiger partial charge in [-0.1, -0.05) is 29.8 Å². The van der Waals surface area contributed by atoms with Crippen molar-refractivity contribution in [2.24, 2.45) is 0 Å². The lowest BCUT2D eigenvalue weighted by Gasteiger charge is -2.13. The number of aromatic nitrogens is 1. The second-order valence-electron chi connectivity index (χ2n) is 5.01. The quantitative estimate of drug-likeness (QED) is 0.629. The normalized spacial score (nSPS) is 11.3. The molecule has 1 heterocycles. The van der Waals surface area contributed by atoms with Gasteiger partial charge < -0.3 is 13.7 Å². The maximum Gasteiger partial charge on any atom is 0.343 e. The molecule has 0 fully saturated rings. The van der Waals surface area contributed by atoms with Crippen molar-refractivity contribution in [3.05, 3.63) is 53.7 Å². The van der Waals surface area contributed by atoms with E-state index in [9.17, 15) is 8.42 Å². The molecule has 8 heteroatoms. The van der Waals surface area contributed by atoms with Crippen LogP contribution in [0, 0.1) is 0 Å². The van der Waals surface area contributed by atoms with Crippen molar-refractivity contribution in [1.29, 1.82) is 0 Å². The molecule has 0 aliphatic heterocycles. The standard InChI is InChI=1S/C17H14ClNO5S/c1-22-14-10-16(15(23-2)9-12(14)18)25(20,21)24-13-7-3-5-11-6-4-8-19-17(11)13/h3-10H,1-2H3. The number of methoxy groups -OCH3 is 2. The first-order chi connectivity index (χ1) is 12.0. The number of para-hydroxylation sites is 1. The first-order valence-corrected chi connectivity index (χ1v) is 8.94. The zero-order valence-electron chi connectivity index (χ0n) is 13.4. The van der Waals surface area contributed by atoms with E-state index in [2.05, 4.69) is 4.98 Å². The van der Waals surface area contributed by atoms with E-state index in [1.807, 2.05) is 12.1 Å². The Kier molecular flexibility index (Phi) is 4.69. The molecule has 0 unspecified atom stereocenters. The average molecular weight is 380 g/mol. The van der Waals surface area contributed by atoms with Crippen LogP contribution in [0.25, 0.3) is 10.9 Å². The van der Waals surface area contributed by atoms with E-state index in [-0.39, 0.29) is 27.2 Å². The fourth-order valence-electron chi connectivity index (χ4n) is 2.33. The van der Waals surface area contributed by atoms with Crippen LogP contribution in [0.15, 0.2) is 53.6 Å². The highest BCUT2D eigenvalue weighted by molar-refractivity contribution is 7.87. The van der Waals surface area contributed by atoms with E-state index in [4.69, 9.17) is 25.3 Å². The monoisotopic (exact) mass is 379 g/mol. The Hall–Kier alpha value is -2.51. The van der Waals surface area contributed by atoms with Crippen molar-refractivity contribution in [3.63, 3.8) is 0 Å². The average Bonchev–Trinajstić information content (AvgIpc) is 2.61. The molecule has 0 atom stereocenters. The molecule has 0 aliphatic carbocycles. The van der Waals surface area contributed by atoms with Gasteiger partial charge in [-0.2, -0.15) is 8.42 Å². The minimum atomic E-state index is -4.20. The number of pyridine rings is 1. The Morgan fingerprint density at radius 2 is 1.68 bits per heavy atom. The molecule has 0 saturated carbocycles. The van der Waals surface area contributed by atoms with Gasteiger partial charge in [-0.25, -0.2) is 0 Å². The number of hydrogen-bond donors (Lipinski definition) is 0. The number of rotatable bonds is 5. The smallest absolute Gasteiger partial charge is 0.343 e. The highest BCUT2D eigenvalue weighted by Crippen LogP contribution is 2.36. The predicted octanol–water partition coefficient (Wildman–Crippen LogP) is 3.67. The number of benzene rings is 2. The van der Waals surface area contributed by atoms with Gasteiger partial charge in [0.15, 0.2) is 10.6 Å². The molecule has 25 heavy (non-hydrogen) atoms. The highest BCUT2D eigenvalue weighted by atomic mass is 35.5. The second-order valence-corrected chi connectivity index (χ2v) is 6.93. The van der Waals surface area contributed by atoms with Crippen LogP contribution in [0.5, 0.6) is 17.2 Å². The zero-order chi connectivity index (χ0) is 18.0. The molecule has 0 saturated heterocycles. The molecule has 0 amide bonds. The maximum absolute atomic E-state index is 12.8. The molecule has 3 aromatic rings. The van der Waals surface area contributed by atoms with Gasteiger partial charge in [0.2, 0.25) is 0 Å². The largest absolute Gasteiger partial charge is 0.495 e. The molecule has 0 aliphatic rings. The molecule has 1 aromatic heterocycles. The van der Waals surface area contributed by atoms with Crippen molar-refractivity contribution in [3.8, 4) is 17.2 Å². The fraction of sp³-hybridized carbons (Fsp3) is 0.118. The first-order valence-electron chi connectivity index (χ1n) is 7.16. The molecule has 0 N–H and O–H groups in total. The van der Waals surface area contributed by atoms with Crippen molar-refractivity contribution in [1.82, 2.24) is 4.98 Å². The third-order valence-electron chi connectivity index (χ3n) is 3.50. The van der Waals surface area contributed by atoms with E-state index >= 15 is 0 Å². The zero-order valence-corrected chi connectivity index (χ0v) is 15.0. The molecule has 130 valence electrons. The molecule has 6 nitrogen and oxygen atoms in total. The lowest BCUT2D eigenvalue weighted by molar-refractivity contribution is 0.388. The lowest BCUT2D eigenvalue weighted by Crippen LogP contribution is -2.12. The number of ether oxygens (including phenoxy) is 2. The van der Waals surface area contributed by atoms with Gasteiger partial charge in [0.05, 0.1) is 19.2 Å². The summed E-state index contributed by atoms with van der Waals surface area (Å²) in [5.41, 5.74) is 0.438. The fourth-order valence-corrected chi connectivity index (χ4v) is 3.67. The molecule has 0 spiro atoms. The van der Waals surface area contributed by atoms with Gasteiger partial charge in [0.25, 0.3) is 0 Å². The molecular weight excluding hydrogens is 366 g/mol. The van der Waals surface area contributed by atoms with Gasteiger partial charge in [-0.15, -0.1) is 0 Å². The SMILES string of the molecule is COc1cc(S(=O)(=O)Oc2cccc3cccnc23)c(OC)cc1Cl. The van der Waals surface area contributed by atoms with Gasteiger partial charge in [0, 0.05) is 23.7 Å². The summed E-state index contributed by atoms with van der Waals surface area (Å²) in [7, 11) is -1.47. The van der Waals surface area contributed by atoms with E-state index < -0.39 is 10.1 Å². The maximum atomic E-state index is 12.8. The number of halogens is 1. The molecule has 0 bridgehead atoms. The van der Waals surface area contributed by atoms with Crippen LogP contribution in [0.3, 0.4) is 0 Å². The minimum Gasteiger partial charge on any atom is -0.495 e. The molecule has 2 aromatic carbocycles. The molecule has 0 radical (unpaired) electrons. The van der Waals surface area contributed by atoms with Crippen LogP contribution in [0.2, 0.25) is 5.02 Å². The Balaban J connectivity index is 2.11. The summed E-state index contributed by atoms with van der Waals surface area (Å²) in [5.74, 6) is 0.369. The van der Waals surface area contributed by atoms with Crippen LogP contribution in [0.4, 0.5) is 0 Å². The lowest BCUT2D eigenvalue weighted by atomic mass is 10.2. The van der Waals surface area contributed by atoms with Crippen LogP contribution < -0.4 is 13.7 Å². The van der Waals surface area contributed by atoms with Gasteiger partial charge >= 0.3 is 10.1 Å². The summed E-state index contributed by atoms with van der Waals surface area (Å²) in [6.07, 6.45) is 1.56. The Morgan fingerprint density at radius 1 is 0.960 bits per heavy atom. The van der Waals surface area contributed by atoms with Crippen LogP contribution in [-0.2, 0) is 10.1 Å². The van der Waals surface area contributed by atoms with E-state index in [0.29, 0.717) is 5.52 Å². The number of fused-ring (bicyclic) bond motifs is 1. The van der Waals surface area contributed by atoms with Gasteiger partial charge in [-0.3, -0.25) is 4.98 Å². The third-order valence-corrected chi connectivity index (χ3v) is 5.05. The van der Waals surface area contributed by atoms with Crippen molar-refractivity contribution < 1.29 is 22.1 Å². The van der Waals surface area contributed by atoms with Crippen molar-refractivity contribution in [2.45, 2.75) is 4.90 Å². The summed E-state index contributed by atoms with van der Waals surface area (Å²) < 4.78 is 41.1. The van der Waals surface area contributed by atoms with E-state index in [1.54, 1.807) is 18.3 Å². The summed E-state index contributed by atoms with van der Waals surface area (Å²) >= 11 is 6.02. The third kappa shape index (κ3) is 3.33. The van der Waals surface area contributed by atoms with Crippen molar-refractivity contribution >= 4 is 32.6 Å². The van der Waals surface area contributed by atoms with E-state index in [0.717, 1.165) is 5.39 Å². The Morgan fingerprint density at radius 3 is 2.40 bits per heavy atom. The van der Waals surface area contributed by atoms with Gasteiger partial charge in [-0.05, 0) is 12.1 Å². The predicted molar refractivity (Wildman–Crippen MR) is 94.1 cm³/mol. The minimum absolute atomic E-state index is 0.0546. The summed E-state index contributed by atoms with van der Waals surface area (Å²) in [6.45, 7) is 0. The van der Waals surface area contributed by atoms with Crippen LogP contribution in [-0.4, -0.2) is 27.6 Å². The van der Waals surface area contributed by atoms with E-state index in [1.165, 1.54) is 32.4 Å². The number of nitrogens with zero attached hydrogens (tertiary/aromatic N) is 1. The summed E-state index contributed by atoms with van der Waals surface area (Å²) in [4.78, 5) is 3.99. The van der Waals surface area contributed by atoms with Crippen molar-refractivity contribution in [2.75, 3.05) is 14.2 Å². The Labute approximate surface area is 150 Å². The second kappa shape index (κ2) is 6.78. The molecular formula is C17H14ClNO5S. The van der Waals surface area contributed by atoms with Crippen LogP contribution >= 0.6 is 11.6 Å². The summed E-state index contributed by atoms with van der Waals surface area (Å²) in [5, 5.41) is 0.987. The Bertz CT molecular complexity index is 1030. The molecule has 3 rings (SSSR count).